The highest BCUT2D eigenvalue weighted by Crippen LogP contribution is 2.39. The van der Waals surface area contributed by atoms with Gasteiger partial charge in [0.1, 0.15) is 0 Å². The summed E-state index contributed by atoms with van der Waals surface area (Å²) in [4.78, 5) is 0. The Labute approximate surface area is 67.1 Å². The summed E-state index contributed by atoms with van der Waals surface area (Å²) in [5.74, 6) is -5.90. The summed E-state index contributed by atoms with van der Waals surface area (Å²) in [6, 6.07) is 0. The van der Waals surface area contributed by atoms with Crippen LogP contribution in [0.1, 0.15) is 0 Å². The molecule has 0 saturated heterocycles. The first-order valence-electron chi connectivity index (χ1n) is 1.92. The first-order chi connectivity index (χ1) is 4.19. The minimum Gasteiger partial charge on any atom is -0.203 e. The molecule has 0 aromatic rings. The monoisotopic (exact) mass is 250 g/mol. The summed E-state index contributed by atoms with van der Waals surface area (Å²) < 4.78 is 76.6. The van der Waals surface area contributed by atoms with Crippen molar-refractivity contribution in [3.8, 4) is 0 Å². The van der Waals surface area contributed by atoms with Crippen molar-refractivity contribution in [3.63, 3.8) is 0 Å². The molecule has 70 valence electrons. The van der Waals surface area contributed by atoms with E-state index in [1.165, 1.54) is 0 Å². The second kappa shape index (κ2) is 3.59. The van der Waals surface area contributed by atoms with Crippen LogP contribution in [0.3, 0.4) is 0 Å². The molecule has 0 fully saturated rings. The molecule has 0 rings (SSSR count). The van der Waals surface area contributed by atoms with Gasteiger partial charge >= 0.3 is 18.5 Å². The summed E-state index contributed by atoms with van der Waals surface area (Å²) >= 11 is 0. The molecule has 11 heavy (non-hydrogen) atoms. The minimum absolute atomic E-state index is 0. The minimum atomic E-state index is -6.17. The van der Waals surface area contributed by atoms with Gasteiger partial charge in [-0.3, -0.25) is 0 Å². The molecule has 8 heteroatoms. The second-order valence-electron chi connectivity index (χ2n) is 1.42. The summed E-state index contributed by atoms with van der Waals surface area (Å²) in [5.41, 5.74) is 0. The fraction of sp³-hybridized carbons (Fsp3) is 1.00. The first-order valence-corrected chi connectivity index (χ1v) is 1.92. The van der Waals surface area contributed by atoms with E-state index in [1.807, 2.05) is 0 Å². The van der Waals surface area contributed by atoms with Gasteiger partial charge < -0.3 is 0 Å². The van der Waals surface area contributed by atoms with E-state index in [-0.39, 0.29) is 17.0 Å². The van der Waals surface area contributed by atoms with Crippen LogP contribution in [-0.2, 0) is 0 Å². The summed E-state index contributed by atoms with van der Waals surface area (Å²) in [5, 5.41) is 0. The Morgan fingerprint density at radius 2 is 1.09 bits per heavy atom. The van der Waals surface area contributed by atoms with Gasteiger partial charge in [0.05, 0.1) is 0 Å². The molecule has 0 aliphatic heterocycles. The zero-order chi connectivity index (χ0) is 8.58. The number of alkyl halides is 7. The fourth-order valence-corrected chi connectivity index (χ4v) is 0.124. The predicted octanol–water partition coefficient (Wildman–Crippen LogP) is 3.03. The molecule has 0 amide bonds. The van der Waals surface area contributed by atoms with Gasteiger partial charge in [0.25, 0.3) is 0 Å². The molecule has 0 aromatic heterocycles. The number of hydrogen-bond donors (Lipinski definition) is 0. The van der Waals surface area contributed by atoms with Crippen LogP contribution in [0, 0.1) is 0 Å². The Morgan fingerprint density at radius 3 is 1.09 bits per heavy atom. The predicted molar refractivity (Wildman–Crippen MR) is 27.3 cm³/mol. The molecular formula is C3H2BrF7. The van der Waals surface area contributed by atoms with Crippen LogP contribution in [0.4, 0.5) is 30.7 Å². The zero-order valence-electron chi connectivity index (χ0n) is 4.63. The summed E-state index contributed by atoms with van der Waals surface area (Å²) in [6.45, 7) is 0. The van der Waals surface area contributed by atoms with E-state index >= 15 is 0 Å². The average Bonchev–Trinajstić information content (AvgIpc) is 1.62. The van der Waals surface area contributed by atoms with E-state index in [4.69, 9.17) is 0 Å². The summed E-state index contributed by atoms with van der Waals surface area (Å²) in [6.07, 6.45) is -10.9. The maximum Gasteiger partial charge on any atom is 0.459 e. The third kappa shape index (κ3) is 2.84. The van der Waals surface area contributed by atoms with Crippen LogP contribution in [0.5, 0.6) is 0 Å². The molecule has 0 aromatic carbocycles. The molecule has 0 N–H and O–H groups in total. The number of halogens is 8. The van der Waals surface area contributed by atoms with Crippen molar-refractivity contribution in [2.45, 2.75) is 18.5 Å². The molecule has 0 bridgehead atoms. The van der Waals surface area contributed by atoms with Gasteiger partial charge in [-0.15, -0.1) is 17.0 Å². The smallest absolute Gasteiger partial charge is 0.203 e. The highest BCUT2D eigenvalue weighted by atomic mass is 79.9. The van der Waals surface area contributed by atoms with Crippen molar-refractivity contribution in [2.75, 3.05) is 0 Å². The molecule has 0 unspecified atom stereocenters. The topological polar surface area (TPSA) is 0 Å². The fourth-order valence-electron chi connectivity index (χ4n) is 0.124. The van der Waals surface area contributed by atoms with Crippen molar-refractivity contribution < 1.29 is 30.7 Å². The molecule has 0 saturated carbocycles. The Bertz CT molecular complexity index is 115. The lowest BCUT2D eigenvalue weighted by molar-refractivity contribution is -0.320. The van der Waals surface area contributed by atoms with Crippen LogP contribution in [0.2, 0.25) is 0 Å². The van der Waals surface area contributed by atoms with Crippen molar-refractivity contribution in [2.24, 2.45) is 0 Å². The standard InChI is InChI=1S/C3HF7.BrH/c4-1(5)2(6,7)3(8,9)10;/h1H;1H. The van der Waals surface area contributed by atoms with Crippen molar-refractivity contribution >= 4 is 17.0 Å². The van der Waals surface area contributed by atoms with E-state index in [2.05, 4.69) is 0 Å². The Morgan fingerprint density at radius 1 is 0.818 bits per heavy atom. The highest BCUT2D eigenvalue weighted by Gasteiger charge is 2.64. The molecule has 0 aliphatic rings. The van der Waals surface area contributed by atoms with E-state index in [0.717, 1.165) is 0 Å². The van der Waals surface area contributed by atoms with Crippen molar-refractivity contribution in [3.05, 3.63) is 0 Å². The van der Waals surface area contributed by atoms with Gasteiger partial charge in [0.15, 0.2) is 0 Å². The van der Waals surface area contributed by atoms with E-state index in [1.54, 1.807) is 0 Å². The molecule has 0 aliphatic carbocycles. The quantitative estimate of drug-likeness (QED) is 0.628. The Balaban J connectivity index is 0. The average molecular weight is 251 g/mol. The van der Waals surface area contributed by atoms with Gasteiger partial charge in [-0.1, -0.05) is 0 Å². The SMILES string of the molecule is Br.FC(F)C(F)(F)C(F)(F)F. The molecule has 0 heterocycles. The normalized spacial score (nSPS) is 13.1. The Kier molecular flexibility index (Phi) is 4.43. The Hall–Kier alpha value is -0.0100. The zero-order valence-corrected chi connectivity index (χ0v) is 6.34. The third-order valence-electron chi connectivity index (χ3n) is 0.652. The van der Waals surface area contributed by atoms with Crippen LogP contribution in [-0.4, -0.2) is 18.5 Å². The third-order valence-corrected chi connectivity index (χ3v) is 0.652. The van der Waals surface area contributed by atoms with Crippen LogP contribution < -0.4 is 0 Å². The number of hydrogen-bond acceptors (Lipinski definition) is 0. The molecule has 0 nitrogen and oxygen atoms in total. The lowest BCUT2D eigenvalue weighted by atomic mass is 10.3. The van der Waals surface area contributed by atoms with Gasteiger partial charge in [-0.05, 0) is 0 Å². The van der Waals surface area contributed by atoms with E-state index < -0.39 is 18.5 Å². The van der Waals surface area contributed by atoms with Crippen molar-refractivity contribution in [1.82, 2.24) is 0 Å². The second-order valence-corrected chi connectivity index (χ2v) is 1.42. The first kappa shape index (κ1) is 13.6. The van der Waals surface area contributed by atoms with Gasteiger partial charge in [-0.25, -0.2) is 8.78 Å². The molecule has 0 spiro atoms. The maximum atomic E-state index is 11.2. The largest absolute Gasteiger partial charge is 0.459 e. The van der Waals surface area contributed by atoms with Crippen LogP contribution >= 0.6 is 17.0 Å². The van der Waals surface area contributed by atoms with Gasteiger partial charge in [0, 0.05) is 0 Å². The maximum absolute atomic E-state index is 11.2. The molecule has 0 radical (unpaired) electrons. The van der Waals surface area contributed by atoms with Gasteiger partial charge in [-0.2, -0.15) is 22.0 Å². The van der Waals surface area contributed by atoms with E-state index in [9.17, 15) is 30.7 Å². The lowest BCUT2D eigenvalue weighted by Crippen LogP contribution is -2.42. The van der Waals surface area contributed by atoms with Crippen LogP contribution in [0.25, 0.3) is 0 Å². The lowest BCUT2D eigenvalue weighted by Gasteiger charge is -2.17. The van der Waals surface area contributed by atoms with Gasteiger partial charge in [0.2, 0.25) is 0 Å². The van der Waals surface area contributed by atoms with E-state index in [0.29, 0.717) is 0 Å². The number of rotatable bonds is 1. The summed E-state index contributed by atoms with van der Waals surface area (Å²) in [7, 11) is 0. The van der Waals surface area contributed by atoms with Crippen LogP contribution in [0.15, 0.2) is 0 Å². The molecular weight excluding hydrogens is 249 g/mol. The van der Waals surface area contributed by atoms with Crippen molar-refractivity contribution in [1.29, 1.82) is 0 Å². The highest BCUT2D eigenvalue weighted by molar-refractivity contribution is 8.93. The molecule has 0 atom stereocenters.